The van der Waals surface area contributed by atoms with Crippen molar-refractivity contribution >= 4 is 17.0 Å². The number of aryl methyl sites for hydroxylation is 2. The third kappa shape index (κ3) is 10.0. The molecule has 64 heavy (non-hydrogen) atoms. The van der Waals surface area contributed by atoms with E-state index in [0.29, 0.717) is 51.4 Å². The van der Waals surface area contributed by atoms with Crippen LogP contribution in [0.1, 0.15) is 36.4 Å². The van der Waals surface area contributed by atoms with E-state index in [-0.39, 0.29) is 0 Å². The van der Waals surface area contributed by atoms with Gasteiger partial charge in [0, 0.05) is 35.9 Å². The summed E-state index contributed by atoms with van der Waals surface area (Å²) in [5.41, 5.74) is 15.6. The van der Waals surface area contributed by atoms with Crippen LogP contribution in [0.5, 0.6) is 0 Å². The lowest BCUT2D eigenvalue weighted by Gasteiger charge is -2.14. The van der Waals surface area contributed by atoms with Crippen LogP contribution in [0.25, 0.3) is 73.2 Å². The van der Waals surface area contributed by atoms with E-state index in [4.69, 9.17) is 19.9 Å². The number of hydrogen-bond acceptors (Lipinski definition) is 8. The Balaban J connectivity index is 1.38. The minimum Gasteiger partial charge on any atom is -0.255 e. The van der Waals surface area contributed by atoms with Gasteiger partial charge in [0.25, 0.3) is 0 Å². The minimum absolute atomic E-state index is 0.444. The average molecular weight is 831 g/mol. The van der Waals surface area contributed by atoms with Crippen LogP contribution in [0.2, 0.25) is 0 Å². The molecule has 0 atom stereocenters. The average Bonchev–Trinajstić information content (AvgIpc) is 3.34. The smallest absolute Gasteiger partial charge is 0.160 e. The second-order valence-corrected chi connectivity index (χ2v) is 15.2. The van der Waals surface area contributed by atoms with Gasteiger partial charge >= 0.3 is 0 Å². The molecule has 0 spiro atoms. The van der Waals surface area contributed by atoms with E-state index in [1.165, 1.54) is 11.1 Å². The van der Waals surface area contributed by atoms with Gasteiger partial charge in [0.15, 0.2) is 5.82 Å². The van der Waals surface area contributed by atoms with Crippen LogP contribution >= 0.6 is 0 Å². The van der Waals surface area contributed by atoms with E-state index in [0.717, 1.165) is 50.3 Å². The van der Waals surface area contributed by atoms with Crippen LogP contribution in [0, 0.1) is 13.8 Å². The van der Waals surface area contributed by atoms with Crippen LogP contribution in [0.3, 0.4) is 0 Å². The summed E-state index contributed by atoms with van der Waals surface area (Å²) in [7, 11) is 0. The topological polar surface area (TPSA) is 102 Å². The molecule has 0 saturated carbocycles. The highest BCUT2D eigenvalue weighted by atomic mass is 14.9. The maximum atomic E-state index is 5.38. The molecular weight excluding hydrogens is 785 g/mol. The Morgan fingerprint density at radius 3 is 1.61 bits per heavy atom. The Bertz CT molecular complexity index is 2960. The summed E-state index contributed by atoms with van der Waals surface area (Å²) in [5, 5.41) is 0. The quantitative estimate of drug-likeness (QED) is 0.107. The largest absolute Gasteiger partial charge is 0.255 e. The number of rotatable bonds is 13. The Labute approximate surface area is 374 Å². The number of allylic oxidation sites excluding steroid dienone is 4. The molecule has 8 nitrogen and oxygen atoms in total. The van der Waals surface area contributed by atoms with Crippen molar-refractivity contribution in [2.45, 2.75) is 27.7 Å². The van der Waals surface area contributed by atoms with E-state index in [2.05, 4.69) is 114 Å². The van der Waals surface area contributed by atoms with Gasteiger partial charge in [-0.05, 0) is 140 Å². The van der Waals surface area contributed by atoms with Crippen LogP contribution in [-0.2, 0) is 0 Å². The van der Waals surface area contributed by atoms with Gasteiger partial charge in [0.2, 0.25) is 0 Å². The van der Waals surface area contributed by atoms with E-state index < -0.39 is 0 Å². The number of aliphatic imine (C=N–C) groups is 2. The molecule has 0 aliphatic carbocycles. The molecule has 0 unspecified atom stereocenters. The van der Waals surface area contributed by atoms with Crippen LogP contribution < -0.4 is 0 Å². The molecule has 5 aromatic heterocycles. The summed E-state index contributed by atoms with van der Waals surface area (Å²) in [6, 6.07) is 47.1. The molecule has 8 rings (SSSR count). The number of pyridine rings is 4. The molecule has 5 heterocycles. The maximum absolute atomic E-state index is 5.38. The molecule has 0 fully saturated rings. The highest BCUT2D eigenvalue weighted by molar-refractivity contribution is 6.15. The normalized spacial score (nSPS) is 12.1. The van der Waals surface area contributed by atoms with Crippen molar-refractivity contribution < 1.29 is 0 Å². The highest BCUT2D eigenvalue weighted by Crippen LogP contribution is 2.35. The van der Waals surface area contributed by atoms with Crippen molar-refractivity contribution in [3.05, 3.63) is 224 Å². The zero-order valence-electron chi connectivity index (χ0n) is 36.3. The second-order valence-electron chi connectivity index (χ2n) is 15.2. The lowest BCUT2D eigenvalue weighted by atomic mass is 9.95. The van der Waals surface area contributed by atoms with Gasteiger partial charge in [-0.1, -0.05) is 97.1 Å². The summed E-state index contributed by atoms with van der Waals surface area (Å²) < 4.78 is 0. The highest BCUT2D eigenvalue weighted by Gasteiger charge is 2.18. The van der Waals surface area contributed by atoms with Gasteiger partial charge < -0.3 is 0 Å². The molecule has 3 aromatic carbocycles. The number of nitrogens with zero attached hydrogens (tertiary/aromatic N) is 8. The van der Waals surface area contributed by atoms with Gasteiger partial charge in [0.1, 0.15) is 0 Å². The lowest BCUT2D eigenvalue weighted by molar-refractivity contribution is 1.15. The summed E-state index contributed by atoms with van der Waals surface area (Å²) in [5.74, 6) is 0.548. The van der Waals surface area contributed by atoms with Crippen molar-refractivity contribution in [2.24, 2.45) is 9.98 Å². The fourth-order valence-electron chi connectivity index (χ4n) is 7.04. The Hall–Kier alpha value is -8.36. The van der Waals surface area contributed by atoms with Crippen molar-refractivity contribution in [1.82, 2.24) is 29.9 Å². The standard InChI is InChI=1S/C56H46N8/c1-7-26-57-47(8-2)40(6)61-53(48-15-9-12-27-58-48)30-39(5)51-36-52(45-34-54(49-16-10-13-28-59-49)62-55(35-45)50-17-11-14-29-60-50)64-56(63-51)46-32-43(41-22-18-37(3)19-23-41)31-44(33-46)42-24-20-38(4)21-25-42/h7-36H,2,6H2,1,3-5H3/b26-7-,39-30+,57-47+,61-53+. The fraction of sp³-hybridized carbons (Fsp3) is 0.0714. The first-order valence-electron chi connectivity index (χ1n) is 21.0. The van der Waals surface area contributed by atoms with Crippen molar-refractivity contribution in [3.8, 4) is 67.7 Å². The van der Waals surface area contributed by atoms with Crippen LogP contribution in [-0.4, -0.2) is 41.3 Å². The zero-order valence-corrected chi connectivity index (χ0v) is 36.3. The van der Waals surface area contributed by atoms with Crippen molar-refractivity contribution in [3.63, 3.8) is 0 Å². The molecule has 8 heteroatoms. The Kier molecular flexibility index (Phi) is 12.9. The van der Waals surface area contributed by atoms with Gasteiger partial charge in [0.05, 0.1) is 57.0 Å². The molecule has 0 radical (unpaired) electrons. The van der Waals surface area contributed by atoms with Crippen LogP contribution in [0.4, 0.5) is 0 Å². The first-order valence-corrected chi connectivity index (χ1v) is 21.0. The van der Waals surface area contributed by atoms with Crippen molar-refractivity contribution in [1.29, 1.82) is 0 Å². The number of hydrogen-bond donors (Lipinski definition) is 0. The fourth-order valence-corrected chi connectivity index (χ4v) is 7.04. The predicted molar refractivity (Wildman–Crippen MR) is 264 cm³/mol. The Morgan fingerprint density at radius 1 is 0.531 bits per heavy atom. The SMILES string of the molecule is C=C/C(=N\C=C/C)C(=C)/N=C(\C=C(/C)c1cc(-c2cc(-c3ccccn3)nc(-c3ccccn3)c2)nc(-c2cc(-c3ccc(C)cc3)cc(-c3ccc(C)cc3)c2)n1)c1ccccn1. The summed E-state index contributed by atoms with van der Waals surface area (Å²) in [4.78, 5) is 39.2. The molecular formula is C56H46N8. The van der Waals surface area contributed by atoms with Crippen molar-refractivity contribution in [2.75, 3.05) is 0 Å². The van der Waals surface area contributed by atoms with E-state index in [9.17, 15) is 0 Å². The molecule has 310 valence electrons. The van der Waals surface area contributed by atoms with Gasteiger partial charge in [-0.3, -0.25) is 19.9 Å². The zero-order chi connectivity index (χ0) is 44.4. The molecule has 8 aromatic rings. The monoisotopic (exact) mass is 830 g/mol. The van der Waals surface area contributed by atoms with E-state index in [1.807, 2.05) is 98.8 Å². The van der Waals surface area contributed by atoms with Gasteiger partial charge in [-0.2, -0.15) is 0 Å². The molecule has 0 saturated heterocycles. The molecule has 0 bridgehead atoms. The number of benzene rings is 3. The maximum Gasteiger partial charge on any atom is 0.160 e. The third-order valence-corrected chi connectivity index (χ3v) is 10.5. The van der Waals surface area contributed by atoms with E-state index in [1.54, 1.807) is 30.9 Å². The van der Waals surface area contributed by atoms with Crippen LogP contribution in [0.15, 0.2) is 211 Å². The Morgan fingerprint density at radius 2 is 1.09 bits per heavy atom. The number of aromatic nitrogens is 6. The molecule has 0 amide bonds. The summed E-state index contributed by atoms with van der Waals surface area (Å²) in [6.07, 6.45) is 12.4. The summed E-state index contributed by atoms with van der Waals surface area (Å²) >= 11 is 0. The predicted octanol–water partition coefficient (Wildman–Crippen LogP) is 13.2. The minimum atomic E-state index is 0.444. The molecule has 0 aliphatic rings. The van der Waals surface area contributed by atoms with Gasteiger partial charge in [-0.25, -0.2) is 19.9 Å². The first-order chi connectivity index (χ1) is 31.2. The summed E-state index contributed by atoms with van der Waals surface area (Å²) in [6.45, 7) is 16.3. The lowest BCUT2D eigenvalue weighted by Crippen LogP contribution is -2.05. The first kappa shape index (κ1) is 42.3. The molecule has 0 aliphatic heterocycles. The van der Waals surface area contributed by atoms with Gasteiger partial charge in [-0.15, -0.1) is 0 Å². The molecule has 0 N–H and O–H groups in total. The third-order valence-electron chi connectivity index (χ3n) is 10.5. The second kappa shape index (κ2) is 19.6. The van der Waals surface area contributed by atoms with E-state index >= 15 is 0 Å².